The molecule has 0 radical (unpaired) electrons. The van der Waals surface area contributed by atoms with E-state index in [4.69, 9.17) is 0 Å². The van der Waals surface area contributed by atoms with E-state index in [-0.39, 0.29) is 11.5 Å². The molecule has 2 aromatic heterocycles. The zero-order valence-corrected chi connectivity index (χ0v) is 15.7. The molecule has 0 amide bonds. The number of fused-ring (bicyclic) bond motifs is 1. The molecule has 2 heterocycles. The van der Waals surface area contributed by atoms with Crippen molar-refractivity contribution in [3.05, 3.63) is 87.5 Å². The Morgan fingerprint density at radius 1 is 1.11 bits per heavy atom. The lowest BCUT2D eigenvalue weighted by molar-refractivity contribution is 0.569. The van der Waals surface area contributed by atoms with Gasteiger partial charge in [-0.05, 0) is 48.9 Å². The SMILES string of the molecule is O=c1nc(SCc2ccccc2F)c2c(n1Cc1cccnc1)CCCC2. The Balaban J connectivity index is 1.66. The molecule has 0 N–H and O–H groups in total. The van der Waals surface area contributed by atoms with Crippen molar-refractivity contribution in [1.82, 2.24) is 14.5 Å². The lowest BCUT2D eigenvalue weighted by Crippen LogP contribution is -2.30. The lowest BCUT2D eigenvalue weighted by atomic mass is 9.97. The van der Waals surface area contributed by atoms with Gasteiger partial charge in [-0.3, -0.25) is 9.55 Å². The van der Waals surface area contributed by atoms with Gasteiger partial charge in [0.05, 0.1) is 6.54 Å². The summed E-state index contributed by atoms with van der Waals surface area (Å²) in [5.74, 6) is 0.252. The quantitative estimate of drug-likeness (QED) is 0.495. The van der Waals surface area contributed by atoms with Gasteiger partial charge in [0.1, 0.15) is 10.8 Å². The predicted molar refractivity (Wildman–Crippen MR) is 104 cm³/mol. The summed E-state index contributed by atoms with van der Waals surface area (Å²) in [5.41, 5.74) is 3.59. The minimum atomic E-state index is -0.240. The smallest absolute Gasteiger partial charge is 0.291 e. The maximum absolute atomic E-state index is 13.9. The number of aromatic nitrogens is 3. The summed E-state index contributed by atoms with van der Waals surface area (Å²) in [6, 6.07) is 10.6. The molecular formula is C21H20FN3OS. The summed E-state index contributed by atoms with van der Waals surface area (Å²) in [5, 5.41) is 0.750. The highest BCUT2D eigenvalue weighted by Crippen LogP contribution is 2.31. The summed E-state index contributed by atoms with van der Waals surface area (Å²) in [4.78, 5) is 21.2. The zero-order valence-electron chi connectivity index (χ0n) is 14.9. The fraction of sp³-hybridized carbons (Fsp3) is 0.286. The van der Waals surface area contributed by atoms with E-state index in [0.717, 1.165) is 47.5 Å². The molecule has 4 nitrogen and oxygen atoms in total. The fourth-order valence-electron chi connectivity index (χ4n) is 3.47. The van der Waals surface area contributed by atoms with E-state index >= 15 is 0 Å². The first-order chi connectivity index (χ1) is 13.2. The standard InChI is InChI=1S/C21H20FN3OS/c22-18-9-3-1-7-16(18)14-27-20-17-8-2-4-10-19(17)25(21(26)24-20)13-15-6-5-11-23-12-15/h1,3,5-7,9,11-12H,2,4,8,10,13-14H2. The van der Waals surface area contributed by atoms with E-state index in [1.165, 1.54) is 17.8 Å². The molecule has 27 heavy (non-hydrogen) atoms. The first-order valence-electron chi connectivity index (χ1n) is 9.10. The van der Waals surface area contributed by atoms with Crippen molar-refractivity contribution < 1.29 is 4.39 Å². The lowest BCUT2D eigenvalue weighted by Gasteiger charge is -2.22. The Kier molecular flexibility index (Phi) is 5.34. The highest BCUT2D eigenvalue weighted by atomic mass is 32.2. The van der Waals surface area contributed by atoms with Crippen LogP contribution < -0.4 is 5.69 Å². The third-order valence-corrected chi connectivity index (χ3v) is 5.90. The second kappa shape index (κ2) is 8.05. The van der Waals surface area contributed by atoms with Gasteiger partial charge in [-0.15, -0.1) is 11.8 Å². The van der Waals surface area contributed by atoms with Gasteiger partial charge in [0.15, 0.2) is 0 Å². The molecule has 0 bridgehead atoms. The monoisotopic (exact) mass is 381 g/mol. The van der Waals surface area contributed by atoms with E-state index in [9.17, 15) is 9.18 Å². The van der Waals surface area contributed by atoms with Gasteiger partial charge in [0, 0.05) is 29.4 Å². The van der Waals surface area contributed by atoms with E-state index < -0.39 is 0 Å². The molecule has 0 unspecified atom stereocenters. The number of hydrogen-bond donors (Lipinski definition) is 0. The van der Waals surface area contributed by atoms with Crippen LogP contribution in [0.15, 0.2) is 58.6 Å². The molecular weight excluding hydrogens is 361 g/mol. The van der Waals surface area contributed by atoms with Gasteiger partial charge >= 0.3 is 5.69 Å². The second-order valence-electron chi connectivity index (χ2n) is 6.66. The Bertz CT molecular complexity index is 1000. The maximum Gasteiger partial charge on any atom is 0.349 e. The van der Waals surface area contributed by atoms with Crippen LogP contribution >= 0.6 is 11.8 Å². The molecule has 138 valence electrons. The van der Waals surface area contributed by atoms with Gasteiger partial charge in [-0.1, -0.05) is 24.3 Å². The van der Waals surface area contributed by atoms with Crippen LogP contribution in [0.5, 0.6) is 0 Å². The molecule has 0 fully saturated rings. The predicted octanol–water partition coefficient (Wildman–Crippen LogP) is 4.00. The number of benzene rings is 1. The number of hydrogen-bond acceptors (Lipinski definition) is 4. The first kappa shape index (κ1) is 17.9. The highest BCUT2D eigenvalue weighted by molar-refractivity contribution is 7.98. The normalized spacial score (nSPS) is 13.4. The fourth-order valence-corrected chi connectivity index (χ4v) is 4.53. The minimum Gasteiger partial charge on any atom is -0.291 e. The van der Waals surface area contributed by atoms with E-state index in [1.807, 2.05) is 18.2 Å². The third-order valence-electron chi connectivity index (χ3n) is 4.84. The Morgan fingerprint density at radius 3 is 2.78 bits per heavy atom. The zero-order chi connectivity index (χ0) is 18.6. The van der Waals surface area contributed by atoms with Crippen LogP contribution in [-0.2, 0) is 25.1 Å². The van der Waals surface area contributed by atoms with Crippen molar-refractivity contribution >= 4 is 11.8 Å². The Morgan fingerprint density at radius 2 is 1.96 bits per heavy atom. The molecule has 0 aliphatic heterocycles. The summed E-state index contributed by atoms with van der Waals surface area (Å²) >= 11 is 1.45. The molecule has 3 aromatic rings. The molecule has 4 rings (SSSR count). The molecule has 6 heteroatoms. The number of pyridine rings is 1. The average molecular weight is 381 g/mol. The van der Waals surface area contributed by atoms with Crippen molar-refractivity contribution in [3.8, 4) is 0 Å². The van der Waals surface area contributed by atoms with Crippen LogP contribution in [0, 0.1) is 5.82 Å². The highest BCUT2D eigenvalue weighted by Gasteiger charge is 2.21. The maximum atomic E-state index is 13.9. The Labute approximate surface area is 161 Å². The van der Waals surface area contributed by atoms with Crippen LogP contribution in [0.4, 0.5) is 4.39 Å². The van der Waals surface area contributed by atoms with Gasteiger partial charge < -0.3 is 0 Å². The van der Waals surface area contributed by atoms with E-state index in [0.29, 0.717) is 17.9 Å². The van der Waals surface area contributed by atoms with E-state index in [1.54, 1.807) is 29.1 Å². The second-order valence-corrected chi connectivity index (χ2v) is 7.62. The summed E-state index contributed by atoms with van der Waals surface area (Å²) in [6.45, 7) is 0.486. The molecule has 0 saturated heterocycles. The van der Waals surface area contributed by atoms with Gasteiger partial charge in [-0.2, -0.15) is 4.98 Å². The first-order valence-corrected chi connectivity index (χ1v) is 10.1. The third kappa shape index (κ3) is 3.95. The van der Waals surface area contributed by atoms with Gasteiger partial charge in [-0.25, -0.2) is 9.18 Å². The Hall–Kier alpha value is -2.47. The van der Waals surface area contributed by atoms with E-state index in [2.05, 4.69) is 9.97 Å². The van der Waals surface area contributed by atoms with Crippen molar-refractivity contribution in [2.45, 2.75) is 43.0 Å². The number of halogens is 1. The molecule has 1 aliphatic rings. The van der Waals surface area contributed by atoms with Crippen LogP contribution in [0.2, 0.25) is 0 Å². The van der Waals surface area contributed by atoms with Crippen LogP contribution in [0.3, 0.4) is 0 Å². The number of nitrogens with zero attached hydrogens (tertiary/aromatic N) is 3. The van der Waals surface area contributed by atoms with Crippen LogP contribution in [0.1, 0.15) is 35.2 Å². The number of rotatable bonds is 5. The van der Waals surface area contributed by atoms with Crippen LogP contribution in [0.25, 0.3) is 0 Å². The van der Waals surface area contributed by atoms with Crippen molar-refractivity contribution in [2.24, 2.45) is 0 Å². The number of thioether (sulfide) groups is 1. The van der Waals surface area contributed by atoms with Crippen LogP contribution in [-0.4, -0.2) is 14.5 Å². The molecule has 1 aliphatic carbocycles. The summed E-state index contributed by atoms with van der Waals surface area (Å²) < 4.78 is 15.7. The van der Waals surface area contributed by atoms with Crippen molar-refractivity contribution in [2.75, 3.05) is 0 Å². The largest absolute Gasteiger partial charge is 0.349 e. The molecule has 0 spiro atoms. The molecule has 0 saturated carbocycles. The summed E-state index contributed by atoms with van der Waals surface area (Å²) in [7, 11) is 0. The molecule has 0 atom stereocenters. The topological polar surface area (TPSA) is 47.8 Å². The van der Waals surface area contributed by atoms with Crippen molar-refractivity contribution in [3.63, 3.8) is 0 Å². The average Bonchev–Trinajstić information content (AvgIpc) is 2.70. The van der Waals surface area contributed by atoms with Crippen molar-refractivity contribution in [1.29, 1.82) is 0 Å². The van der Waals surface area contributed by atoms with Gasteiger partial charge in [0.25, 0.3) is 0 Å². The summed E-state index contributed by atoms with van der Waals surface area (Å²) in [6.07, 6.45) is 7.45. The molecule has 1 aromatic carbocycles. The minimum absolute atomic E-state index is 0.219. The van der Waals surface area contributed by atoms with Gasteiger partial charge in [0.2, 0.25) is 0 Å².